The summed E-state index contributed by atoms with van der Waals surface area (Å²) in [6.45, 7) is 1.45. The average Bonchev–Trinajstić information content (AvgIpc) is 2.45. The maximum Gasteiger partial charge on any atom is 0.303 e. The Hall–Kier alpha value is 0.0300. The van der Waals surface area contributed by atoms with Crippen molar-refractivity contribution in [1.29, 1.82) is 0 Å². The van der Waals surface area contributed by atoms with Crippen LogP contribution in [0.1, 0.15) is 6.92 Å². The second kappa shape index (κ2) is 5.80. The van der Waals surface area contributed by atoms with Crippen molar-refractivity contribution in [2.24, 2.45) is 4.99 Å². The van der Waals surface area contributed by atoms with Crippen molar-refractivity contribution in [3.8, 4) is 0 Å². The second-order valence-electron chi connectivity index (χ2n) is 2.69. The summed E-state index contributed by atoms with van der Waals surface area (Å²) in [7, 11) is 0. The SMILES string of the molecule is CC(=O)OCC1=NC(O)(CCl)CS1.Cl. The van der Waals surface area contributed by atoms with Crippen LogP contribution in [0.4, 0.5) is 0 Å². The van der Waals surface area contributed by atoms with Crippen LogP contribution in [-0.2, 0) is 9.53 Å². The summed E-state index contributed by atoms with van der Waals surface area (Å²) in [6.07, 6.45) is 0. The Morgan fingerprint density at radius 2 is 2.50 bits per heavy atom. The van der Waals surface area contributed by atoms with Gasteiger partial charge in [0.15, 0.2) is 5.72 Å². The largest absolute Gasteiger partial charge is 0.459 e. The molecule has 0 bridgehead atoms. The molecule has 7 heteroatoms. The molecule has 0 aliphatic carbocycles. The van der Waals surface area contributed by atoms with Gasteiger partial charge in [-0.25, -0.2) is 4.99 Å². The van der Waals surface area contributed by atoms with Crippen LogP contribution in [-0.4, -0.2) is 40.1 Å². The molecule has 0 spiro atoms. The molecule has 1 atom stereocenters. The standard InChI is InChI=1S/C7H10ClNO3S.ClH/c1-5(10)12-2-6-9-7(11,3-8)4-13-6;/h11H,2-4H2,1H3;1H. The molecule has 0 radical (unpaired) electrons. The Balaban J connectivity index is 0.00000169. The maximum atomic E-state index is 10.5. The van der Waals surface area contributed by atoms with Gasteiger partial charge in [0.2, 0.25) is 0 Å². The average molecular weight is 260 g/mol. The third-order valence-corrected chi connectivity index (χ3v) is 2.99. The summed E-state index contributed by atoms with van der Waals surface area (Å²) in [5, 5.41) is 10.2. The first-order valence-electron chi connectivity index (χ1n) is 3.69. The van der Waals surface area contributed by atoms with E-state index in [2.05, 4.69) is 4.99 Å². The molecule has 0 amide bonds. The van der Waals surface area contributed by atoms with Crippen LogP contribution in [0.3, 0.4) is 0 Å². The molecule has 0 saturated carbocycles. The monoisotopic (exact) mass is 259 g/mol. The number of aliphatic imine (C=N–C) groups is 1. The first kappa shape index (κ1) is 14.0. The van der Waals surface area contributed by atoms with E-state index in [-0.39, 0.29) is 30.9 Å². The Kier molecular flexibility index (Phi) is 5.81. The predicted octanol–water partition coefficient (Wildman–Crippen LogP) is 1.04. The van der Waals surface area contributed by atoms with E-state index in [9.17, 15) is 9.90 Å². The number of carbonyl (C=O) groups excluding carboxylic acids is 1. The summed E-state index contributed by atoms with van der Waals surface area (Å²) in [5.41, 5.74) is -1.18. The third kappa shape index (κ3) is 4.04. The third-order valence-electron chi connectivity index (χ3n) is 1.42. The minimum absolute atomic E-state index is 0. The van der Waals surface area contributed by atoms with Gasteiger partial charge in [0.25, 0.3) is 0 Å². The molecule has 4 nitrogen and oxygen atoms in total. The fourth-order valence-electron chi connectivity index (χ4n) is 0.801. The Morgan fingerprint density at radius 1 is 1.86 bits per heavy atom. The Bertz CT molecular complexity index is 249. The van der Waals surface area contributed by atoms with Crippen molar-refractivity contribution in [2.45, 2.75) is 12.6 Å². The van der Waals surface area contributed by atoms with E-state index >= 15 is 0 Å². The molecule has 1 N–H and O–H groups in total. The number of aliphatic hydroxyl groups is 1. The number of esters is 1. The fourth-order valence-corrected chi connectivity index (χ4v) is 2.01. The van der Waals surface area contributed by atoms with Crippen LogP contribution < -0.4 is 0 Å². The highest BCUT2D eigenvalue weighted by atomic mass is 35.5. The van der Waals surface area contributed by atoms with Crippen molar-refractivity contribution in [1.82, 2.24) is 0 Å². The van der Waals surface area contributed by atoms with Gasteiger partial charge in [0, 0.05) is 6.92 Å². The second-order valence-corrected chi connectivity index (χ2v) is 4.01. The summed E-state index contributed by atoms with van der Waals surface area (Å²) >= 11 is 6.85. The number of alkyl halides is 1. The molecule has 14 heavy (non-hydrogen) atoms. The molecule has 0 fully saturated rings. The van der Waals surface area contributed by atoms with E-state index in [4.69, 9.17) is 16.3 Å². The summed E-state index contributed by atoms with van der Waals surface area (Å²) in [4.78, 5) is 14.4. The van der Waals surface area contributed by atoms with Crippen LogP contribution in [0.2, 0.25) is 0 Å². The first-order valence-corrected chi connectivity index (χ1v) is 5.21. The Morgan fingerprint density at radius 3 is 2.93 bits per heavy atom. The molecule has 1 unspecified atom stereocenters. The lowest BCUT2D eigenvalue weighted by Gasteiger charge is -2.12. The molecule has 1 aliphatic heterocycles. The molecule has 1 rings (SSSR count). The number of thioether (sulfide) groups is 1. The number of rotatable bonds is 3. The van der Waals surface area contributed by atoms with Crippen LogP contribution >= 0.6 is 35.8 Å². The highest BCUT2D eigenvalue weighted by molar-refractivity contribution is 8.14. The van der Waals surface area contributed by atoms with Gasteiger partial charge < -0.3 is 9.84 Å². The van der Waals surface area contributed by atoms with Crippen LogP contribution in [0, 0.1) is 0 Å². The maximum absolute atomic E-state index is 10.5. The number of halogens is 2. The van der Waals surface area contributed by atoms with Crippen LogP contribution in [0.25, 0.3) is 0 Å². The van der Waals surface area contributed by atoms with Gasteiger partial charge in [-0.1, -0.05) is 0 Å². The van der Waals surface area contributed by atoms with Crippen molar-refractivity contribution in [2.75, 3.05) is 18.2 Å². The zero-order valence-electron chi connectivity index (χ0n) is 7.53. The van der Waals surface area contributed by atoms with Gasteiger partial charge >= 0.3 is 5.97 Å². The van der Waals surface area contributed by atoms with Gasteiger partial charge in [-0.3, -0.25) is 4.79 Å². The van der Waals surface area contributed by atoms with E-state index in [1.54, 1.807) is 0 Å². The fraction of sp³-hybridized carbons (Fsp3) is 0.714. The zero-order chi connectivity index (χ0) is 9.90. The number of ether oxygens (including phenoxy) is 1. The highest BCUT2D eigenvalue weighted by Gasteiger charge is 2.32. The molecule has 0 aromatic heterocycles. The van der Waals surface area contributed by atoms with Gasteiger partial charge in [0.05, 0.1) is 11.6 Å². The summed E-state index contributed by atoms with van der Waals surface area (Å²) in [5.74, 6) is 0.126. The number of carbonyl (C=O) groups is 1. The van der Waals surface area contributed by atoms with E-state index in [0.717, 1.165) is 0 Å². The lowest BCUT2D eigenvalue weighted by molar-refractivity contribution is -0.139. The molecule has 82 valence electrons. The van der Waals surface area contributed by atoms with Gasteiger partial charge in [-0.15, -0.1) is 35.8 Å². The summed E-state index contributed by atoms with van der Waals surface area (Å²) in [6, 6.07) is 0. The molecular formula is C7H11Cl2NO3S. The van der Waals surface area contributed by atoms with Crippen molar-refractivity contribution in [3.05, 3.63) is 0 Å². The molecule has 1 heterocycles. The number of hydrogen-bond acceptors (Lipinski definition) is 5. The van der Waals surface area contributed by atoms with Crippen molar-refractivity contribution in [3.63, 3.8) is 0 Å². The summed E-state index contributed by atoms with van der Waals surface area (Å²) < 4.78 is 4.72. The van der Waals surface area contributed by atoms with Crippen LogP contribution in [0.5, 0.6) is 0 Å². The predicted molar refractivity (Wildman–Crippen MR) is 59.4 cm³/mol. The lowest BCUT2D eigenvalue weighted by Crippen LogP contribution is -2.28. The van der Waals surface area contributed by atoms with E-state index in [1.165, 1.54) is 18.7 Å². The molecule has 0 saturated heterocycles. The van der Waals surface area contributed by atoms with Gasteiger partial charge in [-0.05, 0) is 0 Å². The molecule has 1 aliphatic rings. The topological polar surface area (TPSA) is 58.9 Å². The molecular weight excluding hydrogens is 249 g/mol. The van der Waals surface area contributed by atoms with Gasteiger partial charge in [-0.2, -0.15) is 0 Å². The lowest BCUT2D eigenvalue weighted by atomic mass is 10.3. The minimum Gasteiger partial charge on any atom is -0.459 e. The van der Waals surface area contributed by atoms with Crippen LogP contribution in [0.15, 0.2) is 4.99 Å². The van der Waals surface area contributed by atoms with E-state index in [1.807, 2.05) is 0 Å². The quantitative estimate of drug-likeness (QED) is 0.608. The minimum atomic E-state index is -1.18. The molecule has 0 aromatic carbocycles. The molecule has 0 aromatic rings. The normalized spacial score (nSPS) is 25.2. The van der Waals surface area contributed by atoms with E-state index < -0.39 is 5.72 Å². The smallest absolute Gasteiger partial charge is 0.303 e. The van der Waals surface area contributed by atoms with Gasteiger partial charge in [0.1, 0.15) is 11.7 Å². The number of nitrogens with zero attached hydrogens (tertiary/aromatic N) is 1. The van der Waals surface area contributed by atoms with Crippen molar-refractivity contribution >= 4 is 46.8 Å². The Labute approximate surface area is 97.5 Å². The van der Waals surface area contributed by atoms with E-state index in [0.29, 0.717) is 10.8 Å². The zero-order valence-corrected chi connectivity index (χ0v) is 9.92. The highest BCUT2D eigenvalue weighted by Crippen LogP contribution is 2.26. The van der Waals surface area contributed by atoms with Crippen molar-refractivity contribution < 1.29 is 14.6 Å². The first-order chi connectivity index (χ1) is 6.06. The number of hydrogen-bond donors (Lipinski definition) is 1.